The van der Waals surface area contributed by atoms with Crippen LogP contribution in [0.2, 0.25) is 0 Å². The number of nitrogens with one attached hydrogen (secondary N) is 1. The minimum atomic E-state index is -0.517. The van der Waals surface area contributed by atoms with Crippen molar-refractivity contribution in [3.63, 3.8) is 0 Å². The van der Waals surface area contributed by atoms with Gasteiger partial charge in [-0.25, -0.2) is 4.79 Å². The third-order valence-corrected chi connectivity index (χ3v) is 2.32. The summed E-state index contributed by atoms with van der Waals surface area (Å²) in [5, 5.41) is 2.62. The highest BCUT2D eigenvalue weighted by atomic mass is 79.9. The number of anilines is 2. The Morgan fingerprint density at radius 2 is 2.06 bits per heavy atom. The van der Waals surface area contributed by atoms with Gasteiger partial charge in [0.2, 0.25) is 0 Å². The molecule has 0 aromatic heterocycles. The Morgan fingerprint density at radius 1 is 1.44 bits per heavy atom. The molecule has 0 heterocycles. The molecular formula is C11H15BrN2O2. The molecule has 0 atom stereocenters. The lowest BCUT2D eigenvalue weighted by molar-refractivity contribution is 0.0636. The van der Waals surface area contributed by atoms with Gasteiger partial charge in [0.15, 0.2) is 0 Å². The Bertz CT molecular complexity index is 399. The Kier molecular flexibility index (Phi) is 3.80. The van der Waals surface area contributed by atoms with E-state index in [-0.39, 0.29) is 0 Å². The maximum absolute atomic E-state index is 11.5. The molecule has 1 aromatic carbocycles. The van der Waals surface area contributed by atoms with Crippen molar-refractivity contribution < 1.29 is 9.53 Å². The zero-order valence-corrected chi connectivity index (χ0v) is 11.1. The Morgan fingerprint density at radius 3 is 2.62 bits per heavy atom. The number of halogens is 1. The van der Waals surface area contributed by atoms with E-state index in [4.69, 9.17) is 10.5 Å². The summed E-state index contributed by atoms with van der Waals surface area (Å²) in [6, 6.07) is 5.17. The van der Waals surface area contributed by atoms with Gasteiger partial charge in [0.25, 0.3) is 0 Å². The van der Waals surface area contributed by atoms with Crippen LogP contribution in [-0.2, 0) is 4.74 Å². The fraction of sp³-hybridized carbons (Fsp3) is 0.364. The van der Waals surface area contributed by atoms with E-state index in [0.29, 0.717) is 11.4 Å². The van der Waals surface area contributed by atoms with Gasteiger partial charge in [-0.1, -0.05) is 0 Å². The van der Waals surface area contributed by atoms with Gasteiger partial charge in [-0.05, 0) is 54.9 Å². The lowest BCUT2D eigenvalue weighted by Crippen LogP contribution is -2.27. The van der Waals surface area contributed by atoms with Gasteiger partial charge in [-0.15, -0.1) is 0 Å². The van der Waals surface area contributed by atoms with Gasteiger partial charge in [0, 0.05) is 10.2 Å². The van der Waals surface area contributed by atoms with Crippen molar-refractivity contribution in [2.45, 2.75) is 26.4 Å². The van der Waals surface area contributed by atoms with E-state index in [9.17, 15) is 4.79 Å². The molecule has 1 amide bonds. The molecule has 0 saturated heterocycles. The van der Waals surface area contributed by atoms with Gasteiger partial charge in [0.05, 0.1) is 5.69 Å². The fourth-order valence-corrected chi connectivity index (χ4v) is 1.40. The lowest BCUT2D eigenvalue weighted by atomic mass is 10.2. The Hall–Kier alpha value is -1.23. The summed E-state index contributed by atoms with van der Waals surface area (Å²) in [5.74, 6) is 0. The number of hydrogen-bond donors (Lipinski definition) is 2. The first kappa shape index (κ1) is 12.8. The quantitative estimate of drug-likeness (QED) is 0.778. The van der Waals surface area contributed by atoms with E-state index < -0.39 is 11.7 Å². The number of hydrogen-bond acceptors (Lipinski definition) is 3. The fourth-order valence-electron chi connectivity index (χ4n) is 1.05. The largest absolute Gasteiger partial charge is 0.444 e. The van der Waals surface area contributed by atoms with Gasteiger partial charge < -0.3 is 10.5 Å². The third-order valence-electron chi connectivity index (χ3n) is 1.63. The summed E-state index contributed by atoms with van der Waals surface area (Å²) in [5.41, 5.74) is 6.27. The van der Waals surface area contributed by atoms with Crippen LogP contribution in [0.5, 0.6) is 0 Å². The van der Waals surface area contributed by atoms with E-state index in [0.717, 1.165) is 4.47 Å². The second-order valence-electron chi connectivity index (χ2n) is 4.37. The predicted molar refractivity (Wildman–Crippen MR) is 68.4 cm³/mol. The molecule has 0 radical (unpaired) electrons. The molecule has 0 aliphatic carbocycles. The van der Waals surface area contributed by atoms with E-state index in [1.54, 1.807) is 39.0 Å². The van der Waals surface area contributed by atoms with Crippen molar-refractivity contribution in [2.75, 3.05) is 11.1 Å². The minimum Gasteiger partial charge on any atom is -0.444 e. The summed E-state index contributed by atoms with van der Waals surface area (Å²) in [4.78, 5) is 11.5. The highest BCUT2D eigenvalue weighted by molar-refractivity contribution is 9.10. The topological polar surface area (TPSA) is 64.3 Å². The van der Waals surface area contributed by atoms with E-state index in [1.807, 2.05) is 0 Å². The van der Waals surface area contributed by atoms with Gasteiger partial charge in [-0.2, -0.15) is 0 Å². The zero-order valence-electron chi connectivity index (χ0n) is 9.50. The molecule has 0 spiro atoms. The molecule has 0 aliphatic heterocycles. The summed E-state index contributed by atoms with van der Waals surface area (Å²) in [6.07, 6.45) is -0.501. The van der Waals surface area contributed by atoms with Crippen molar-refractivity contribution in [3.8, 4) is 0 Å². The molecule has 88 valence electrons. The maximum atomic E-state index is 11.5. The number of amides is 1. The van der Waals surface area contributed by atoms with Crippen molar-refractivity contribution in [1.29, 1.82) is 0 Å². The second-order valence-corrected chi connectivity index (χ2v) is 5.22. The first-order valence-corrected chi connectivity index (χ1v) is 5.62. The number of carbonyl (C=O) groups is 1. The Labute approximate surface area is 103 Å². The lowest BCUT2D eigenvalue weighted by Gasteiger charge is -2.20. The normalized spacial score (nSPS) is 11.0. The molecule has 1 rings (SSSR count). The van der Waals surface area contributed by atoms with Crippen molar-refractivity contribution >= 4 is 33.4 Å². The van der Waals surface area contributed by atoms with Gasteiger partial charge in [-0.3, -0.25) is 5.32 Å². The van der Waals surface area contributed by atoms with Crippen LogP contribution in [0.1, 0.15) is 20.8 Å². The van der Waals surface area contributed by atoms with Crippen molar-refractivity contribution in [2.24, 2.45) is 0 Å². The number of rotatable bonds is 1. The number of ether oxygens (including phenoxy) is 1. The molecule has 16 heavy (non-hydrogen) atoms. The molecule has 5 heteroatoms. The van der Waals surface area contributed by atoms with Crippen LogP contribution >= 0.6 is 15.9 Å². The first-order valence-electron chi connectivity index (χ1n) is 4.83. The van der Waals surface area contributed by atoms with E-state index in [1.165, 1.54) is 0 Å². The van der Waals surface area contributed by atoms with Crippen LogP contribution in [0, 0.1) is 0 Å². The molecule has 0 bridgehead atoms. The predicted octanol–water partition coefficient (Wildman–Crippen LogP) is 3.38. The number of benzene rings is 1. The Balaban J connectivity index is 2.73. The van der Waals surface area contributed by atoms with Crippen molar-refractivity contribution in [1.82, 2.24) is 0 Å². The second kappa shape index (κ2) is 4.74. The van der Waals surface area contributed by atoms with Crippen LogP contribution in [-0.4, -0.2) is 11.7 Å². The molecule has 3 N–H and O–H groups in total. The van der Waals surface area contributed by atoms with Gasteiger partial charge in [0.1, 0.15) is 5.60 Å². The molecule has 0 fully saturated rings. The van der Waals surface area contributed by atoms with Crippen LogP contribution in [0.25, 0.3) is 0 Å². The molecule has 0 aliphatic rings. The summed E-state index contributed by atoms with van der Waals surface area (Å²) in [7, 11) is 0. The standard InChI is InChI=1S/C11H15BrN2O2/c1-11(2,3)16-10(15)14-9-6-7(13)4-5-8(9)12/h4-6H,13H2,1-3H3,(H,14,15). The summed E-state index contributed by atoms with van der Waals surface area (Å²) < 4.78 is 5.88. The zero-order chi connectivity index (χ0) is 12.3. The molecule has 0 saturated carbocycles. The monoisotopic (exact) mass is 286 g/mol. The van der Waals surface area contributed by atoms with Gasteiger partial charge >= 0.3 is 6.09 Å². The SMILES string of the molecule is CC(C)(C)OC(=O)Nc1cc(N)ccc1Br. The van der Waals surface area contributed by atoms with Crippen LogP contribution in [0.4, 0.5) is 16.2 Å². The molecule has 0 unspecified atom stereocenters. The highest BCUT2D eigenvalue weighted by Gasteiger charge is 2.16. The smallest absolute Gasteiger partial charge is 0.412 e. The average Bonchev–Trinajstić information content (AvgIpc) is 2.08. The summed E-state index contributed by atoms with van der Waals surface area (Å²) >= 11 is 3.31. The maximum Gasteiger partial charge on any atom is 0.412 e. The molecule has 4 nitrogen and oxygen atoms in total. The number of nitrogens with two attached hydrogens (primary N) is 1. The van der Waals surface area contributed by atoms with E-state index >= 15 is 0 Å². The summed E-state index contributed by atoms with van der Waals surface area (Å²) in [6.45, 7) is 5.42. The van der Waals surface area contributed by atoms with E-state index in [2.05, 4.69) is 21.2 Å². The molecule has 1 aromatic rings. The average molecular weight is 287 g/mol. The van der Waals surface area contributed by atoms with Crippen molar-refractivity contribution in [3.05, 3.63) is 22.7 Å². The third kappa shape index (κ3) is 4.10. The number of carbonyl (C=O) groups excluding carboxylic acids is 1. The highest BCUT2D eigenvalue weighted by Crippen LogP contribution is 2.25. The minimum absolute atomic E-state index is 0.501. The van der Waals surface area contributed by atoms with Crippen LogP contribution in [0.15, 0.2) is 22.7 Å². The van der Waals surface area contributed by atoms with Crippen LogP contribution in [0.3, 0.4) is 0 Å². The number of nitrogen functional groups attached to an aromatic ring is 1. The van der Waals surface area contributed by atoms with Crippen LogP contribution < -0.4 is 11.1 Å². The molecular weight excluding hydrogens is 272 g/mol. The first-order chi connectivity index (χ1) is 7.28.